The molecule has 0 fully saturated rings. The van der Waals surface area contributed by atoms with Gasteiger partial charge in [0.2, 0.25) is 0 Å². The number of carbonyl (C=O) groups is 1. The van der Waals surface area contributed by atoms with E-state index >= 15 is 0 Å². The number of phenols is 1. The normalized spacial score (nSPS) is 12.5. The SMILES string of the molecule is COC(=O)C(C)(C)[C@@H](N)c1c(F)ccc(Br)c1O.Cl. The van der Waals surface area contributed by atoms with Crippen LogP contribution in [0.4, 0.5) is 4.39 Å². The number of phenolic OH excluding ortho intramolecular Hbond substituents is 1. The van der Waals surface area contributed by atoms with Crippen molar-refractivity contribution < 1.29 is 19.0 Å². The Morgan fingerprint density at radius 1 is 1.53 bits per heavy atom. The minimum Gasteiger partial charge on any atom is -0.506 e. The summed E-state index contributed by atoms with van der Waals surface area (Å²) >= 11 is 3.08. The molecule has 0 amide bonds. The molecular weight excluding hydrogens is 340 g/mol. The molecule has 0 bridgehead atoms. The maximum absolute atomic E-state index is 13.8. The van der Waals surface area contributed by atoms with Gasteiger partial charge in [-0.05, 0) is 41.9 Å². The third-order valence-corrected chi connectivity index (χ3v) is 3.55. The Labute approximate surface area is 125 Å². The van der Waals surface area contributed by atoms with Crippen molar-refractivity contribution in [2.24, 2.45) is 11.1 Å². The summed E-state index contributed by atoms with van der Waals surface area (Å²) in [5.41, 5.74) is 4.63. The molecule has 0 aliphatic rings. The van der Waals surface area contributed by atoms with Crippen LogP contribution in [-0.4, -0.2) is 18.2 Å². The van der Waals surface area contributed by atoms with Crippen LogP contribution in [0.2, 0.25) is 0 Å². The summed E-state index contributed by atoms with van der Waals surface area (Å²) in [7, 11) is 1.23. The van der Waals surface area contributed by atoms with Gasteiger partial charge in [0.05, 0.1) is 23.0 Å². The van der Waals surface area contributed by atoms with Gasteiger partial charge in [-0.3, -0.25) is 4.79 Å². The minimum atomic E-state index is -1.16. The van der Waals surface area contributed by atoms with Crippen LogP contribution in [-0.2, 0) is 9.53 Å². The topological polar surface area (TPSA) is 72.5 Å². The fourth-order valence-corrected chi connectivity index (χ4v) is 1.95. The summed E-state index contributed by atoms with van der Waals surface area (Å²) in [6.45, 7) is 3.06. The van der Waals surface area contributed by atoms with Gasteiger partial charge in [-0.2, -0.15) is 0 Å². The maximum atomic E-state index is 13.8. The molecule has 0 saturated heterocycles. The quantitative estimate of drug-likeness (QED) is 0.817. The molecule has 1 rings (SSSR count). The Morgan fingerprint density at radius 2 is 2.05 bits per heavy atom. The van der Waals surface area contributed by atoms with E-state index in [0.29, 0.717) is 4.47 Å². The molecule has 1 aromatic carbocycles. The number of nitrogens with two attached hydrogens (primary N) is 1. The zero-order chi connectivity index (χ0) is 14.1. The highest BCUT2D eigenvalue weighted by Crippen LogP contribution is 2.40. The highest BCUT2D eigenvalue weighted by molar-refractivity contribution is 9.10. The number of ether oxygens (including phenoxy) is 1. The van der Waals surface area contributed by atoms with E-state index in [2.05, 4.69) is 20.7 Å². The standard InChI is InChI=1S/C12H15BrFNO3.ClH/c1-12(2,11(17)18-3)10(15)8-7(14)5-4-6(13)9(8)16;/h4-5,10,16H,15H2,1-3H3;1H/t10-;/m0./s1. The lowest BCUT2D eigenvalue weighted by molar-refractivity contribution is -0.152. The van der Waals surface area contributed by atoms with E-state index < -0.39 is 23.2 Å². The smallest absolute Gasteiger partial charge is 0.313 e. The molecule has 0 aromatic heterocycles. The molecule has 1 atom stereocenters. The van der Waals surface area contributed by atoms with E-state index in [1.807, 2.05) is 0 Å². The first kappa shape index (κ1) is 18.1. The molecule has 0 aliphatic heterocycles. The number of hydrogen-bond donors (Lipinski definition) is 2. The zero-order valence-electron chi connectivity index (χ0n) is 10.7. The fourth-order valence-electron chi connectivity index (χ4n) is 1.60. The van der Waals surface area contributed by atoms with Gasteiger partial charge in [0, 0.05) is 5.56 Å². The molecule has 0 unspecified atom stereocenters. The molecule has 1 aromatic rings. The lowest BCUT2D eigenvalue weighted by atomic mass is 9.80. The lowest BCUT2D eigenvalue weighted by Crippen LogP contribution is -2.38. The maximum Gasteiger partial charge on any atom is 0.313 e. The van der Waals surface area contributed by atoms with Crippen molar-refractivity contribution in [1.82, 2.24) is 0 Å². The number of benzene rings is 1. The van der Waals surface area contributed by atoms with E-state index in [4.69, 9.17) is 5.73 Å². The van der Waals surface area contributed by atoms with Gasteiger partial charge in [0.25, 0.3) is 0 Å². The second-order valence-corrected chi connectivity index (χ2v) is 5.34. The van der Waals surface area contributed by atoms with Crippen molar-refractivity contribution in [1.29, 1.82) is 0 Å². The van der Waals surface area contributed by atoms with Crippen LogP contribution in [0.15, 0.2) is 16.6 Å². The third kappa shape index (κ3) is 3.38. The Hall–Kier alpha value is -0.850. The van der Waals surface area contributed by atoms with Crippen molar-refractivity contribution in [2.45, 2.75) is 19.9 Å². The second-order valence-electron chi connectivity index (χ2n) is 4.48. The summed E-state index contributed by atoms with van der Waals surface area (Å²) in [6.07, 6.45) is 0. The Bertz CT molecular complexity index is 482. The summed E-state index contributed by atoms with van der Waals surface area (Å²) in [6, 6.07) is 1.51. The second kappa shape index (κ2) is 6.54. The van der Waals surface area contributed by atoms with E-state index in [1.165, 1.54) is 33.1 Å². The van der Waals surface area contributed by atoms with Crippen LogP contribution in [0.5, 0.6) is 5.75 Å². The van der Waals surface area contributed by atoms with E-state index in [0.717, 1.165) is 0 Å². The summed E-state index contributed by atoms with van der Waals surface area (Å²) in [5.74, 6) is -1.55. The molecule has 108 valence electrons. The predicted octanol–water partition coefficient (Wildman–Crippen LogP) is 2.91. The van der Waals surface area contributed by atoms with Crippen molar-refractivity contribution in [3.05, 3.63) is 28.0 Å². The number of esters is 1. The third-order valence-electron chi connectivity index (χ3n) is 2.91. The molecule has 0 spiro atoms. The number of rotatable bonds is 3. The minimum absolute atomic E-state index is 0. The van der Waals surface area contributed by atoms with Crippen molar-refractivity contribution in [2.75, 3.05) is 7.11 Å². The van der Waals surface area contributed by atoms with Crippen molar-refractivity contribution >= 4 is 34.3 Å². The zero-order valence-corrected chi connectivity index (χ0v) is 13.1. The number of aromatic hydroxyl groups is 1. The number of carbonyl (C=O) groups excluding carboxylic acids is 1. The van der Waals surface area contributed by atoms with Crippen LogP contribution in [0.1, 0.15) is 25.5 Å². The van der Waals surface area contributed by atoms with Crippen LogP contribution >= 0.6 is 28.3 Å². The van der Waals surface area contributed by atoms with Gasteiger partial charge in [0.15, 0.2) is 0 Å². The fraction of sp³-hybridized carbons (Fsp3) is 0.417. The molecule has 19 heavy (non-hydrogen) atoms. The monoisotopic (exact) mass is 355 g/mol. The van der Waals surface area contributed by atoms with Gasteiger partial charge < -0.3 is 15.6 Å². The lowest BCUT2D eigenvalue weighted by Gasteiger charge is -2.29. The molecule has 7 heteroatoms. The van der Waals surface area contributed by atoms with Crippen LogP contribution in [0.25, 0.3) is 0 Å². The van der Waals surface area contributed by atoms with E-state index in [1.54, 1.807) is 0 Å². The average molecular weight is 357 g/mol. The number of methoxy groups -OCH3 is 1. The van der Waals surface area contributed by atoms with Crippen molar-refractivity contribution in [3.63, 3.8) is 0 Å². The molecule has 0 saturated carbocycles. The molecule has 0 aliphatic carbocycles. The van der Waals surface area contributed by atoms with Crippen LogP contribution < -0.4 is 5.73 Å². The van der Waals surface area contributed by atoms with E-state index in [-0.39, 0.29) is 23.7 Å². The summed E-state index contributed by atoms with van der Waals surface area (Å²) < 4.78 is 18.7. The first-order valence-electron chi connectivity index (χ1n) is 5.24. The Kier molecular flexibility index (Phi) is 6.25. The van der Waals surface area contributed by atoms with Gasteiger partial charge in [0.1, 0.15) is 11.6 Å². The number of hydrogen-bond acceptors (Lipinski definition) is 4. The van der Waals surface area contributed by atoms with Gasteiger partial charge in [-0.15, -0.1) is 12.4 Å². The average Bonchev–Trinajstić information content (AvgIpc) is 2.33. The first-order valence-corrected chi connectivity index (χ1v) is 6.03. The van der Waals surface area contributed by atoms with Crippen LogP contribution in [0, 0.1) is 11.2 Å². The Balaban J connectivity index is 0.00000324. The highest BCUT2D eigenvalue weighted by atomic mass is 79.9. The van der Waals surface area contributed by atoms with Crippen molar-refractivity contribution in [3.8, 4) is 5.75 Å². The Morgan fingerprint density at radius 3 is 2.53 bits per heavy atom. The number of halogens is 3. The molecule has 0 heterocycles. The van der Waals surface area contributed by atoms with E-state index in [9.17, 15) is 14.3 Å². The predicted molar refractivity (Wildman–Crippen MR) is 75.7 cm³/mol. The van der Waals surface area contributed by atoms with Gasteiger partial charge in [-0.1, -0.05) is 0 Å². The van der Waals surface area contributed by atoms with Gasteiger partial charge >= 0.3 is 5.97 Å². The molecule has 0 radical (unpaired) electrons. The first-order chi connectivity index (χ1) is 8.23. The molecule has 4 nitrogen and oxygen atoms in total. The molecule has 3 N–H and O–H groups in total. The van der Waals surface area contributed by atoms with Gasteiger partial charge in [-0.25, -0.2) is 4.39 Å². The molecular formula is C12H16BrClFNO3. The van der Waals surface area contributed by atoms with Crippen LogP contribution in [0.3, 0.4) is 0 Å². The largest absolute Gasteiger partial charge is 0.506 e. The highest BCUT2D eigenvalue weighted by Gasteiger charge is 2.39. The summed E-state index contributed by atoms with van der Waals surface area (Å²) in [5, 5.41) is 9.85. The summed E-state index contributed by atoms with van der Waals surface area (Å²) in [4.78, 5) is 11.6.